The van der Waals surface area contributed by atoms with Crippen LogP contribution in [0.4, 0.5) is 122 Å². The average molecular weight is 1890 g/mol. The van der Waals surface area contributed by atoms with Crippen molar-refractivity contribution in [2.75, 3.05) is 9.80 Å². The third-order valence-electron chi connectivity index (χ3n) is 24.8. The molecule has 0 N–H and O–H groups in total. The fourth-order valence-electron chi connectivity index (χ4n) is 18.1. The van der Waals surface area contributed by atoms with E-state index in [1.165, 1.54) is 48.5 Å². The van der Waals surface area contributed by atoms with Gasteiger partial charge in [-0.1, -0.05) is 176 Å². The van der Waals surface area contributed by atoms with Crippen LogP contribution in [-0.4, -0.2) is 24.1 Å². The van der Waals surface area contributed by atoms with Gasteiger partial charge in [0, 0.05) is 103 Å². The van der Waals surface area contributed by atoms with E-state index in [0.717, 1.165) is 170 Å². The zero-order valence-electron chi connectivity index (χ0n) is 71.6. The summed E-state index contributed by atoms with van der Waals surface area (Å²) in [7, 11) is 0. The highest BCUT2D eigenvalue weighted by molar-refractivity contribution is 6.12. The summed E-state index contributed by atoms with van der Waals surface area (Å²) < 4.78 is 292. The number of hydrogen-bond donors (Lipinski definition) is 0. The second-order valence-corrected chi connectivity index (χ2v) is 32.6. The third-order valence-corrected chi connectivity index (χ3v) is 24.8. The van der Waals surface area contributed by atoms with Crippen molar-refractivity contribution in [1.82, 2.24) is 24.1 Å². The van der Waals surface area contributed by atoms with Gasteiger partial charge in [-0.25, -0.2) is 87.8 Å². The molecule has 18 aromatic carbocycles. The van der Waals surface area contributed by atoms with Crippen LogP contribution in [0, 0.1) is 116 Å². The Morgan fingerprint density at radius 1 is 0.193 bits per heavy atom. The lowest BCUT2D eigenvalue weighted by Gasteiger charge is -2.26. The van der Waals surface area contributed by atoms with Crippen molar-refractivity contribution >= 4 is 99.5 Å². The summed E-state index contributed by atoms with van der Waals surface area (Å²) in [5.74, 6) is -42.3. The Balaban J connectivity index is 0.000000166. The second kappa shape index (κ2) is 35.6. The van der Waals surface area contributed by atoms with E-state index in [9.17, 15) is 87.8 Å². The minimum atomic E-state index is -2.30. The van der Waals surface area contributed by atoms with Crippen LogP contribution >= 0.6 is 0 Å². The molecule has 7 nitrogen and oxygen atoms in total. The minimum absolute atomic E-state index is 0.289. The van der Waals surface area contributed by atoms with Crippen LogP contribution in [0.2, 0.25) is 0 Å². The van der Waals surface area contributed by atoms with Gasteiger partial charge in [-0.05, 0) is 212 Å². The van der Waals surface area contributed by atoms with E-state index in [1.807, 2.05) is 109 Å². The fourth-order valence-corrected chi connectivity index (χ4v) is 18.1. The first-order valence-electron chi connectivity index (χ1n) is 42.9. The molecule has 27 heteroatoms. The molecule has 0 atom stereocenters. The van der Waals surface area contributed by atoms with Gasteiger partial charge in [0.05, 0.1) is 55.4 Å². The van der Waals surface area contributed by atoms with E-state index in [0.29, 0.717) is 22.7 Å². The molecule has 0 unspecified atom stereocenters. The van der Waals surface area contributed by atoms with Gasteiger partial charge in [0.25, 0.3) is 0 Å². The van der Waals surface area contributed by atoms with Gasteiger partial charge in [-0.15, -0.1) is 0 Å². The van der Waals surface area contributed by atoms with Gasteiger partial charge in [0.2, 0.25) is 23.3 Å². The molecule has 22 rings (SSSR count). The zero-order chi connectivity index (χ0) is 97.1. The number of pyridine rings is 1. The number of benzene rings is 18. The maximum Gasteiger partial charge on any atom is 0.200 e. The van der Waals surface area contributed by atoms with Crippen molar-refractivity contribution in [3.8, 4) is 100 Å². The maximum absolute atomic E-state index is 14.9. The topological polar surface area (TPSA) is 55.0 Å². The standard InChI is InChI=1S/C57H29F10N3.C56H28F10N4/c58-48-46(49(59)53(63)56(66)52(48)62)33-12-21-37(22-13-33)69(38-23-14-34(15-24-38)47-50(60)54(64)57(67)55(65)51(47)61)36-17-8-30(9-18-36)35-16-25-45-42(28-35)41-5-1-2-7-44(41)70(45)39-19-10-32(11-20-39)40-6-3-4-31-26-27-68-29-43(31)40;57-46-44(47(58)51(62)54(65)50(46)61)31-12-21-35(22-13-31)69(36-23-14-32(15-24-36)45-48(59)52(63)55(66)53(64)49(45)60)34-17-8-29(9-18-34)33-16-25-43-40(28-33)39-4-1-2-7-42(39)70(43)37-19-10-30(11-20-37)38-5-3-6-41-56(38)68-27-26-67-41/h1-29H;1-28H. The van der Waals surface area contributed by atoms with Crippen molar-refractivity contribution in [1.29, 1.82) is 0 Å². The summed E-state index contributed by atoms with van der Waals surface area (Å²) in [5.41, 5.74) is 11.0. The van der Waals surface area contributed by atoms with Crippen LogP contribution in [0.15, 0.2) is 346 Å². The average Bonchev–Trinajstić information content (AvgIpc) is 1.58. The smallest absolute Gasteiger partial charge is 0.200 e. The highest BCUT2D eigenvalue weighted by Crippen LogP contribution is 2.47. The molecule has 0 fully saturated rings. The Bertz CT molecular complexity index is 7910. The molecule has 22 aromatic rings. The molecule has 4 heterocycles. The molecule has 0 amide bonds. The van der Waals surface area contributed by atoms with Crippen LogP contribution in [0.1, 0.15) is 0 Å². The maximum atomic E-state index is 14.9. The van der Waals surface area contributed by atoms with Crippen LogP contribution in [-0.2, 0) is 0 Å². The molecule has 0 aliphatic rings. The van der Waals surface area contributed by atoms with E-state index < -0.39 is 139 Å². The van der Waals surface area contributed by atoms with E-state index in [1.54, 1.807) is 52.7 Å². The summed E-state index contributed by atoms with van der Waals surface area (Å²) in [6.45, 7) is 0. The Labute approximate surface area is 780 Å². The largest absolute Gasteiger partial charge is 0.311 e. The highest BCUT2D eigenvalue weighted by Gasteiger charge is 2.33. The molecule has 0 aliphatic carbocycles. The normalized spacial score (nSPS) is 11.6. The lowest BCUT2D eigenvalue weighted by molar-refractivity contribution is 0.381. The number of aromatic nitrogens is 5. The summed E-state index contributed by atoms with van der Waals surface area (Å²) in [6, 6.07) is 93.5. The molecule has 0 aliphatic heterocycles. The van der Waals surface area contributed by atoms with Crippen LogP contribution in [0.5, 0.6) is 0 Å². The molecule has 0 saturated heterocycles. The molecule has 140 heavy (non-hydrogen) atoms. The Kier molecular flexibility index (Phi) is 22.7. The monoisotopic (exact) mass is 1890 g/mol. The lowest BCUT2D eigenvalue weighted by Crippen LogP contribution is -2.10. The number of para-hydroxylation sites is 3. The van der Waals surface area contributed by atoms with Gasteiger partial charge in [-0.3, -0.25) is 15.0 Å². The SMILES string of the molecule is Fc1c(F)c(F)c(-c2ccc(N(c3ccc(-c4ccc5c(c4)c4ccccc4n5-c4ccc(-c5cccc6ccncc56)cc4)cc3)c3ccc(-c4c(F)c(F)c(F)c(F)c4F)cc3)cc2)c(F)c1F.Fc1c(F)c(F)c(-c2ccc(N(c3ccc(-c4ccc5c(c4)c4ccccc4n5-c4ccc(-c5cccc6nccnc56)cc4)cc3)c3ccc(-c4c(F)c(F)c(F)c(F)c4F)cc3)cc2)c(F)c1F. The van der Waals surface area contributed by atoms with Gasteiger partial charge in [0.1, 0.15) is 0 Å². The number of fused-ring (bicyclic) bond motifs is 8. The molecule has 0 radical (unpaired) electrons. The first kappa shape index (κ1) is 89.1. The van der Waals surface area contributed by atoms with Gasteiger partial charge in [-0.2, -0.15) is 0 Å². The van der Waals surface area contributed by atoms with Crippen LogP contribution in [0.25, 0.3) is 166 Å². The quantitative estimate of drug-likeness (QED) is 0.0548. The Hall–Kier alpha value is -17.5. The minimum Gasteiger partial charge on any atom is -0.311 e. The number of halogens is 20. The highest BCUT2D eigenvalue weighted by atomic mass is 19.2. The number of nitrogens with zero attached hydrogens (tertiary/aromatic N) is 7. The third kappa shape index (κ3) is 15.2. The molecular formula is C113H57F20N7. The molecule has 0 saturated carbocycles. The van der Waals surface area contributed by atoms with E-state index >= 15 is 0 Å². The summed E-state index contributed by atoms with van der Waals surface area (Å²) >= 11 is 0. The van der Waals surface area contributed by atoms with Crippen LogP contribution in [0.3, 0.4) is 0 Å². The summed E-state index contributed by atoms with van der Waals surface area (Å²) in [4.78, 5) is 16.6. The Morgan fingerprint density at radius 2 is 0.471 bits per heavy atom. The summed E-state index contributed by atoms with van der Waals surface area (Å²) in [5, 5.41) is 6.16. The van der Waals surface area contributed by atoms with Gasteiger partial charge in [0.15, 0.2) is 93.1 Å². The fraction of sp³-hybridized carbons (Fsp3) is 0. The summed E-state index contributed by atoms with van der Waals surface area (Å²) in [6.07, 6.45) is 6.98. The van der Waals surface area contributed by atoms with Crippen molar-refractivity contribution in [2.45, 2.75) is 0 Å². The van der Waals surface area contributed by atoms with Gasteiger partial charge < -0.3 is 18.9 Å². The van der Waals surface area contributed by atoms with Gasteiger partial charge >= 0.3 is 0 Å². The van der Waals surface area contributed by atoms with Crippen LogP contribution < -0.4 is 9.80 Å². The predicted octanol–water partition coefficient (Wildman–Crippen LogP) is 33.1. The van der Waals surface area contributed by atoms with Crippen molar-refractivity contribution in [3.63, 3.8) is 0 Å². The second-order valence-electron chi connectivity index (χ2n) is 32.6. The van der Waals surface area contributed by atoms with Crippen molar-refractivity contribution in [2.24, 2.45) is 0 Å². The van der Waals surface area contributed by atoms with E-state index in [4.69, 9.17) is 0 Å². The molecule has 4 aromatic heterocycles. The van der Waals surface area contributed by atoms with E-state index in [-0.39, 0.29) is 33.6 Å². The number of hydrogen-bond acceptors (Lipinski definition) is 5. The molecule has 0 spiro atoms. The first-order chi connectivity index (χ1) is 67.8. The lowest BCUT2D eigenvalue weighted by atomic mass is 9.99. The first-order valence-corrected chi connectivity index (χ1v) is 42.9. The molecular weight excluding hydrogens is 1840 g/mol. The molecule has 0 bridgehead atoms. The molecule has 684 valence electrons. The number of rotatable bonds is 16. The van der Waals surface area contributed by atoms with E-state index in [2.05, 4.69) is 121 Å². The zero-order valence-corrected chi connectivity index (χ0v) is 71.6. The number of anilines is 6. The van der Waals surface area contributed by atoms with Crippen molar-refractivity contribution < 1.29 is 87.8 Å². The predicted molar refractivity (Wildman–Crippen MR) is 502 cm³/mol. The Morgan fingerprint density at radius 3 is 0.821 bits per heavy atom. The van der Waals surface area contributed by atoms with Crippen molar-refractivity contribution in [3.05, 3.63) is 463 Å².